The summed E-state index contributed by atoms with van der Waals surface area (Å²) < 4.78 is 3.73. The molecule has 0 aliphatic rings. The molecule has 96 valence electrons. The molecule has 7 nitrogen and oxygen atoms in total. The third kappa shape index (κ3) is 1.55. The summed E-state index contributed by atoms with van der Waals surface area (Å²) in [6.07, 6.45) is 2.95. The van der Waals surface area contributed by atoms with Gasteiger partial charge in [-0.15, -0.1) is 0 Å². The number of aromatic nitrogens is 3. The van der Waals surface area contributed by atoms with E-state index in [9.17, 15) is 14.4 Å². The van der Waals surface area contributed by atoms with Crippen LogP contribution in [0.4, 0.5) is 0 Å². The molecule has 2 rings (SSSR count). The summed E-state index contributed by atoms with van der Waals surface area (Å²) in [5, 5.41) is 9.26. The number of aryl methyl sites for hydroxylation is 1. The van der Waals surface area contributed by atoms with Crippen LogP contribution in [0, 0.1) is 0 Å². The lowest BCUT2D eigenvalue weighted by Gasteiger charge is -2.06. The van der Waals surface area contributed by atoms with Crippen LogP contribution in [0.1, 0.15) is 13.0 Å². The Kier molecular flexibility index (Phi) is 2.61. The molecule has 0 amide bonds. The molecule has 0 bridgehead atoms. The van der Waals surface area contributed by atoms with Crippen molar-refractivity contribution < 1.29 is 9.90 Å². The first-order valence-electron chi connectivity index (χ1n) is 5.34. The number of aliphatic carboxylic acids is 1. The summed E-state index contributed by atoms with van der Waals surface area (Å²) in [6, 6.07) is -0.794. The Morgan fingerprint density at radius 1 is 1.22 bits per heavy atom. The van der Waals surface area contributed by atoms with Crippen molar-refractivity contribution >= 4 is 16.9 Å². The van der Waals surface area contributed by atoms with E-state index in [1.807, 2.05) is 0 Å². The maximum absolute atomic E-state index is 11.9. The van der Waals surface area contributed by atoms with E-state index in [4.69, 9.17) is 5.11 Å². The second-order valence-electron chi connectivity index (χ2n) is 4.22. The topological polar surface area (TPSA) is 86.2 Å². The van der Waals surface area contributed by atoms with Crippen LogP contribution in [0.25, 0.3) is 10.9 Å². The van der Waals surface area contributed by atoms with E-state index >= 15 is 0 Å². The molecule has 2 aromatic heterocycles. The lowest BCUT2D eigenvalue weighted by atomic mass is 10.3. The fourth-order valence-electron chi connectivity index (χ4n) is 1.84. The molecule has 1 unspecified atom stereocenters. The van der Waals surface area contributed by atoms with E-state index < -0.39 is 23.3 Å². The molecule has 7 heteroatoms. The zero-order valence-corrected chi connectivity index (χ0v) is 10.2. The monoisotopic (exact) mass is 251 g/mol. The number of fused-ring (bicyclic) bond motifs is 1. The van der Waals surface area contributed by atoms with Gasteiger partial charge < -0.3 is 9.67 Å². The van der Waals surface area contributed by atoms with E-state index in [-0.39, 0.29) is 0 Å². The second kappa shape index (κ2) is 3.86. The van der Waals surface area contributed by atoms with Crippen LogP contribution in [-0.2, 0) is 18.9 Å². The molecule has 1 atom stereocenters. The summed E-state index contributed by atoms with van der Waals surface area (Å²) in [7, 11) is 2.93. The second-order valence-corrected chi connectivity index (χ2v) is 4.22. The van der Waals surface area contributed by atoms with Gasteiger partial charge in [0.05, 0.1) is 10.9 Å². The van der Waals surface area contributed by atoms with Gasteiger partial charge in [0.25, 0.3) is 5.56 Å². The Morgan fingerprint density at radius 2 is 1.83 bits per heavy atom. The van der Waals surface area contributed by atoms with Crippen molar-refractivity contribution in [2.75, 3.05) is 0 Å². The first-order chi connectivity index (χ1) is 8.34. The van der Waals surface area contributed by atoms with Crippen molar-refractivity contribution in [1.82, 2.24) is 13.7 Å². The third-order valence-corrected chi connectivity index (χ3v) is 3.10. The van der Waals surface area contributed by atoms with Crippen LogP contribution >= 0.6 is 0 Å². The molecule has 1 N–H and O–H groups in total. The normalized spacial score (nSPS) is 12.8. The van der Waals surface area contributed by atoms with Crippen LogP contribution in [-0.4, -0.2) is 24.8 Å². The number of carboxylic acids is 1. The Balaban J connectivity index is 2.85. The molecule has 0 spiro atoms. The van der Waals surface area contributed by atoms with E-state index in [0.29, 0.717) is 10.9 Å². The number of nitrogens with zero attached hydrogens (tertiary/aromatic N) is 3. The van der Waals surface area contributed by atoms with Gasteiger partial charge in [0, 0.05) is 26.5 Å². The summed E-state index contributed by atoms with van der Waals surface area (Å²) in [5.74, 6) is -1.00. The van der Waals surface area contributed by atoms with Crippen molar-refractivity contribution in [3.05, 3.63) is 33.2 Å². The minimum atomic E-state index is -1.00. The summed E-state index contributed by atoms with van der Waals surface area (Å²) in [6.45, 7) is 1.50. The zero-order chi connectivity index (χ0) is 13.6. The molecule has 0 saturated heterocycles. The molecule has 18 heavy (non-hydrogen) atoms. The minimum absolute atomic E-state index is 0.327. The molecule has 0 radical (unpaired) electrons. The van der Waals surface area contributed by atoms with Crippen LogP contribution in [0.15, 0.2) is 22.0 Å². The lowest BCUT2D eigenvalue weighted by molar-refractivity contribution is -0.140. The maximum atomic E-state index is 11.9. The van der Waals surface area contributed by atoms with Crippen LogP contribution in [0.5, 0.6) is 0 Å². The molecule has 0 saturated carbocycles. The predicted octanol–water partition coefficient (Wildman–Crippen LogP) is -0.316. The van der Waals surface area contributed by atoms with Crippen molar-refractivity contribution in [3.63, 3.8) is 0 Å². The van der Waals surface area contributed by atoms with Crippen LogP contribution in [0.3, 0.4) is 0 Å². The van der Waals surface area contributed by atoms with Crippen LogP contribution in [0.2, 0.25) is 0 Å². The smallest absolute Gasteiger partial charge is 0.330 e. The van der Waals surface area contributed by atoms with Gasteiger partial charge in [-0.2, -0.15) is 0 Å². The zero-order valence-electron chi connectivity index (χ0n) is 10.2. The van der Waals surface area contributed by atoms with E-state index in [1.54, 1.807) is 7.05 Å². The number of rotatable bonds is 2. The van der Waals surface area contributed by atoms with Gasteiger partial charge in [0.1, 0.15) is 6.04 Å². The number of hydrogen-bond acceptors (Lipinski definition) is 3. The molecule has 2 heterocycles. The molecular weight excluding hydrogens is 238 g/mol. The van der Waals surface area contributed by atoms with Crippen molar-refractivity contribution in [1.29, 1.82) is 0 Å². The Hall–Kier alpha value is -2.31. The van der Waals surface area contributed by atoms with E-state index in [2.05, 4.69) is 0 Å². The minimum Gasteiger partial charge on any atom is -0.480 e. The fourth-order valence-corrected chi connectivity index (χ4v) is 1.84. The highest BCUT2D eigenvalue weighted by Gasteiger charge is 2.16. The highest BCUT2D eigenvalue weighted by Crippen LogP contribution is 2.14. The third-order valence-electron chi connectivity index (χ3n) is 3.10. The first-order valence-corrected chi connectivity index (χ1v) is 5.34. The molecule has 0 aliphatic carbocycles. The highest BCUT2D eigenvalue weighted by molar-refractivity contribution is 5.79. The van der Waals surface area contributed by atoms with Gasteiger partial charge in [0.2, 0.25) is 0 Å². The van der Waals surface area contributed by atoms with Crippen LogP contribution < -0.4 is 11.2 Å². The SMILES string of the molecule is CC(C(=O)O)n1cc2c(=O)n(C)c(=O)n(C)c2c1. The predicted molar refractivity (Wildman–Crippen MR) is 64.8 cm³/mol. The molecule has 0 fully saturated rings. The Morgan fingerprint density at radius 3 is 2.39 bits per heavy atom. The van der Waals surface area contributed by atoms with E-state index in [1.165, 1.54) is 35.5 Å². The largest absolute Gasteiger partial charge is 0.480 e. The number of carboxylic acid groups (broad SMARTS) is 1. The quantitative estimate of drug-likeness (QED) is 0.792. The van der Waals surface area contributed by atoms with Gasteiger partial charge in [0.15, 0.2) is 0 Å². The van der Waals surface area contributed by atoms with Gasteiger partial charge in [-0.05, 0) is 6.92 Å². The number of hydrogen-bond donors (Lipinski definition) is 1. The van der Waals surface area contributed by atoms with Gasteiger partial charge in [-0.25, -0.2) is 9.59 Å². The van der Waals surface area contributed by atoms with Gasteiger partial charge in [-0.1, -0.05) is 0 Å². The lowest BCUT2D eigenvalue weighted by Crippen LogP contribution is -2.36. The molecule has 0 aliphatic heterocycles. The Labute approximate surface area is 101 Å². The summed E-state index contributed by atoms with van der Waals surface area (Å²) >= 11 is 0. The standard InChI is InChI=1S/C11H13N3O4/c1-6(10(16)17)14-4-7-8(5-14)12(2)11(18)13(3)9(7)15/h4-6H,1-3H3,(H,16,17). The maximum Gasteiger partial charge on any atom is 0.330 e. The van der Waals surface area contributed by atoms with Crippen molar-refractivity contribution in [2.24, 2.45) is 14.1 Å². The Bertz CT molecular complexity index is 750. The molecule has 0 aromatic carbocycles. The van der Waals surface area contributed by atoms with Gasteiger partial charge >= 0.3 is 11.7 Å². The molecular formula is C11H13N3O4. The van der Waals surface area contributed by atoms with Gasteiger partial charge in [-0.3, -0.25) is 13.9 Å². The highest BCUT2D eigenvalue weighted by atomic mass is 16.4. The number of carbonyl (C=O) groups is 1. The first kappa shape index (κ1) is 12.2. The fraction of sp³-hybridized carbons (Fsp3) is 0.364. The average Bonchev–Trinajstić information content (AvgIpc) is 2.77. The summed E-state index contributed by atoms with van der Waals surface area (Å²) in [4.78, 5) is 34.5. The average molecular weight is 251 g/mol. The summed E-state index contributed by atoms with van der Waals surface area (Å²) in [5.41, 5.74) is -0.436. The van der Waals surface area contributed by atoms with Crippen molar-refractivity contribution in [3.8, 4) is 0 Å². The van der Waals surface area contributed by atoms with Crippen molar-refractivity contribution in [2.45, 2.75) is 13.0 Å². The molecule has 2 aromatic rings. The van der Waals surface area contributed by atoms with E-state index in [0.717, 1.165) is 4.57 Å².